The minimum Gasteiger partial charge on any atom is -0.348 e. The van der Waals surface area contributed by atoms with Crippen molar-refractivity contribution >= 4 is 46.8 Å². The molecule has 1 saturated carbocycles. The number of nitrogens with zero attached hydrogens (tertiary/aromatic N) is 1. The zero-order chi connectivity index (χ0) is 20.1. The summed E-state index contributed by atoms with van der Waals surface area (Å²) in [6.07, 6.45) is 3.76. The summed E-state index contributed by atoms with van der Waals surface area (Å²) in [4.78, 5) is 28.1. The third kappa shape index (κ3) is 5.11. The Bertz CT molecular complexity index is 891. The van der Waals surface area contributed by atoms with E-state index in [1.54, 1.807) is 19.2 Å². The zero-order valence-corrected chi connectivity index (χ0v) is 17.1. The number of benzene rings is 1. The van der Waals surface area contributed by atoms with Crippen molar-refractivity contribution in [3.63, 3.8) is 0 Å². The lowest BCUT2D eigenvalue weighted by Crippen LogP contribution is -2.46. The van der Waals surface area contributed by atoms with Crippen molar-refractivity contribution in [2.75, 3.05) is 7.05 Å². The molecule has 1 fully saturated rings. The summed E-state index contributed by atoms with van der Waals surface area (Å²) in [7, 11) is 1.63. The van der Waals surface area contributed by atoms with Gasteiger partial charge < -0.3 is 10.2 Å². The van der Waals surface area contributed by atoms with E-state index in [1.165, 1.54) is 16.5 Å². The number of ketones is 1. The van der Waals surface area contributed by atoms with E-state index in [4.69, 9.17) is 12.2 Å². The van der Waals surface area contributed by atoms with E-state index in [1.807, 2.05) is 30.3 Å². The average molecular weight is 417 g/mol. The number of thiophene rings is 1. The number of carbonyl (C=O) groups excluding carboxylic acids is 2. The normalized spacial score (nSPS) is 15.0. The molecule has 1 aromatic carbocycles. The van der Waals surface area contributed by atoms with Gasteiger partial charge in [-0.05, 0) is 43.0 Å². The van der Waals surface area contributed by atoms with Crippen LogP contribution in [0.25, 0.3) is 6.08 Å². The van der Waals surface area contributed by atoms with Crippen LogP contribution in [0, 0.1) is 11.0 Å². The fraction of sp³-hybridized carbons (Fsp3) is 0.286. The summed E-state index contributed by atoms with van der Waals surface area (Å²) >= 11 is 5.78. The summed E-state index contributed by atoms with van der Waals surface area (Å²) < 4.78 is 13.3. The number of rotatable bonds is 9. The van der Waals surface area contributed by atoms with Crippen LogP contribution in [0.15, 0.2) is 48.2 Å². The molecule has 4 nitrogen and oxygen atoms in total. The molecular formula is C21H21FN2O2S2. The third-order valence-corrected chi connectivity index (χ3v) is 5.63. The van der Waals surface area contributed by atoms with Crippen LogP contribution in [0.2, 0.25) is 0 Å². The van der Waals surface area contributed by atoms with Gasteiger partial charge in [-0.3, -0.25) is 9.59 Å². The topological polar surface area (TPSA) is 49.4 Å². The van der Waals surface area contributed by atoms with Crippen LogP contribution in [-0.4, -0.2) is 35.2 Å². The Kier molecular flexibility index (Phi) is 6.70. The Morgan fingerprint density at radius 3 is 2.57 bits per heavy atom. The number of Topliss-reactive ketones (excluding diaryl/α,β-unsaturated/α-hetero) is 1. The van der Waals surface area contributed by atoms with Gasteiger partial charge in [0.25, 0.3) is 5.91 Å². The van der Waals surface area contributed by atoms with Crippen LogP contribution in [0.5, 0.6) is 0 Å². The van der Waals surface area contributed by atoms with E-state index in [-0.39, 0.29) is 28.4 Å². The predicted molar refractivity (Wildman–Crippen MR) is 113 cm³/mol. The number of nitrogens with one attached hydrogen (secondary N) is 1. The van der Waals surface area contributed by atoms with Gasteiger partial charge in [-0.15, -0.1) is 11.3 Å². The van der Waals surface area contributed by atoms with Crippen LogP contribution < -0.4 is 5.32 Å². The monoisotopic (exact) mass is 416 g/mol. The number of likely N-dealkylation sites (N-methyl/N-ethyl adjacent to an activating group) is 1. The standard InChI is InChI=1S/C21H21FN2O2S2/c1-24(21(26)17(23-13-27)12-16-9-10-19(22)28-16)18(20(25)15-7-8-15)11-14-5-3-2-4-6-14/h2-6,9-10,12-13,15,18H,7-8,11H2,1H3,(H,23,27)/b17-12+. The Morgan fingerprint density at radius 1 is 1.29 bits per heavy atom. The van der Waals surface area contributed by atoms with Gasteiger partial charge >= 0.3 is 0 Å². The first-order valence-electron chi connectivity index (χ1n) is 9.01. The van der Waals surface area contributed by atoms with E-state index in [9.17, 15) is 14.0 Å². The third-order valence-electron chi connectivity index (χ3n) is 4.69. The van der Waals surface area contributed by atoms with Gasteiger partial charge in [0.2, 0.25) is 0 Å². The van der Waals surface area contributed by atoms with Crippen molar-refractivity contribution in [1.29, 1.82) is 0 Å². The number of amides is 1. The van der Waals surface area contributed by atoms with Crippen molar-refractivity contribution in [1.82, 2.24) is 10.2 Å². The van der Waals surface area contributed by atoms with Gasteiger partial charge in [0, 0.05) is 17.8 Å². The van der Waals surface area contributed by atoms with Gasteiger partial charge in [0.1, 0.15) is 5.70 Å². The molecule has 2 aromatic rings. The van der Waals surface area contributed by atoms with Crippen molar-refractivity contribution in [3.05, 3.63) is 63.7 Å². The second kappa shape index (κ2) is 9.21. The van der Waals surface area contributed by atoms with Crippen LogP contribution in [0.3, 0.4) is 0 Å². The lowest BCUT2D eigenvalue weighted by atomic mass is 9.98. The van der Waals surface area contributed by atoms with Crippen LogP contribution >= 0.6 is 23.6 Å². The van der Waals surface area contributed by atoms with Crippen molar-refractivity contribution < 1.29 is 14.0 Å². The molecule has 1 atom stereocenters. The first-order valence-corrected chi connectivity index (χ1v) is 10.3. The first kappa shape index (κ1) is 20.4. The molecule has 0 spiro atoms. The minimum absolute atomic E-state index is 0.0289. The van der Waals surface area contributed by atoms with E-state index in [2.05, 4.69) is 5.32 Å². The Hall–Kier alpha value is -2.38. The molecule has 0 bridgehead atoms. The first-order chi connectivity index (χ1) is 13.5. The molecule has 0 saturated heterocycles. The molecule has 0 radical (unpaired) electrons. The number of halogens is 1. The molecule has 28 heavy (non-hydrogen) atoms. The highest BCUT2D eigenvalue weighted by molar-refractivity contribution is 7.78. The maximum atomic E-state index is 13.3. The van der Waals surface area contributed by atoms with Crippen molar-refractivity contribution in [2.24, 2.45) is 5.92 Å². The Labute approximate surface area is 173 Å². The molecule has 1 aliphatic rings. The molecule has 1 aliphatic carbocycles. The van der Waals surface area contributed by atoms with Crippen molar-refractivity contribution in [2.45, 2.75) is 25.3 Å². The second-order valence-corrected chi connectivity index (χ2v) is 8.06. The summed E-state index contributed by atoms with van der Waals surface area (Å²) in [6.45, 7) is 0. The van der Waals surface area contributed by atoms with Crippen LogP contribution in [0.1, 0.15) is 23.3 Å². The molecule has 1 unspecified atom stereocenters. The highest BCUT2D eigenvalue weighted by Crippen LogP contribution is 2.33. The SMILES string of the molecule is CN(C(=O)/C(=C\c1ccc(F)s1)NC=S)C(Cc1ccccc1)C(=O)C1CC1. The molecule has 1 heterocycles. The van der Waals surface area contributed by atoms with Gasteiger partial charge in [-0.2, -0.15) is 4.39 Å². The van der Waals surface area contributed by atoms with Gasteiger partial charge in [-0.1, -0.05) is 42.5 Å². The molecular weight excluding hydrogens is 395 g/mol. The highest BCUT2D eigenvalue weighted by Gasteiger charge is 2.38. The summed E-state index contributed by atoms with van der Waals surface area (Å²) in [6, 6.07) is 12.0. The maximum Gasteiger partial charge on any atom is 0.270 e. The number of hydrogen-bond acceptors (Lipinski definition) is 4. The smallest absolute Gasteiger partial charge is 0.270 e. The molecule has 1 aromatic heterocycles. The molecule has 1 N–H and O–H groups in total. The zero-order valence-electron chi connectivity index (χ0n) is 15.4. The largest absolute Gasteiger partial charge is 0.348 e. The highest BCUT2D eigenvalue weighted by atomic mass is 32.1. The van der Waals surface area contributed by atoms with Crippen LogP contribution in [-0.2, 0) is 16.0 Å². The Balaban J connectivity index is 1.85. The van der Waals surface area contributed by atoms with Gasteiger partial charge in [0.05, 0.1) is 11.5 Å². The molecule has 7 heteroatoms. The summed E-state index contributed by atoms with van der Waals surface area (Å²) in [5, 5.41) is 2.42. The predicted octanol–water partition coefficient (Wildman–Crippen LogP) is 3.82. The van der Waals surface area contributed by atoms with Gasteiger partial charge in [-0.25, -0.2) is 0 Å². The minimum atomic E-state index is -0.558. The Morgan fingerprint density at radius 2 is 2.00 bits per heavy atom. The van der Waals surface area contributed by atoms with E-state index >= 15 is 0 Å². The number of thiocarbonyl (C=S) groups is 1. The van der Waals surface area contributed by atoms with Gasteiger partial charge in [0.15, 0.2) is 10.9 Å². The molecule has 3 rings (SSSR count). The summed E-state index contributed by atoms with van der Waals surface area (Å²) in [5.41, 5.74) is 2.44. The lowest BCUT2D eigenvalue weighted by Gasteiger charge is -2.28. The van der Waals surface area contributed by atoms with E-state index in [0.29, 0.717) is 11.3 Å². The van der Waals surface area contributed by atoms with Crippen molar-refractivity contribution in [3.8, 4) is 0 Å². The average Bonchev–Trinajstić information content (AvgIpc) is 3.47. The summed E-state index contributed by atoms with van der Waals surface area (Å²) in [5.74, 6) is -0.241. The fourth-order valence-corrected chi connectivity index (χ4v) is 3.82. The van der Waals surface area contributed by atoms with E-state index in [0.717, 1.165) is 29.7 Å². The van der Waals surface area contributed by atoms with E-state index < -0.39 is 6.04 Å². The molecule has 1 amide bonds. The molecule has 146 valence electrons. The quantitative estimate of drug-likeness (QED) is 0.499. The number of carbonyl (C=O) groups is 2. The van der Waals surface area contributed by atoms with Crippen LogP contribution in [0.4, 0.5) is 4.39 Å². The molecule has 0 aliphatic heterocycles. The maximum absolute atomic E-state index is 13.3. The second-order valence-electron chi connectivity index (χ2n) is 6.76. The fourth-order valence-electron chi connectivity index (χ4n) is 3.01. The number of hydrogen-bond donors (Lipinski definition) is 1. The lowest BCUT2D eigenvalue weighted by molar-refractivity contribution is -0.135.